The van der Waals surface area contributed by atoms with Crippen LogP contribution in [-0.2, 0) is 16.1 Å². The Labute approximate surface area is 189 Å². The zero-order valence-corrected chi connectivity index (χ0v) is 18.2. The molecule has 1 saturated heterocycles. The number of nitrogens with zero attached hydrogens (tertiary/aromatic N) is 3. The molecule has 9 heteroatoms. The number of rotatable bonds is 6. The minimum atomic E-state index is -0.471. The van der Waals surface area contributed by atoms with Crippen LogP contribution in [0.3, 0.4) is 0 Å². The van der Waals surface area contributed by atoms with Gasteiger partial charge in [0, 0.05) is 40.8 Å². The maximum Gasteiger partial charge on any atom is 0.230 e. The largest absolute Gasteiger partial charge is 0.497 e. The van der Waals surface area contributed by atoms with Crippen molar-refractivity contribution >= 4 is 46.5 Å². The molecule has 1 aliphatic rings. The fourth-order valence-electron chi connectivity index (χ4n) is 3.52. The molecule has 4 rings (SSSR count). The molecule has 2 heterocycles. The smallest absolute Gasteiger partial charge is 0.230 e. The van der Waals surface area contributed by atoms with Gasteiger partial charge in [0.1, 0.15) is 11.6 Å². The van der Waals surface area contributed by atoms with Gasteiger partial charge in [0.25, 0.3) is 0 Å². The van der Waals surface area contributed by atoms with E-state index in [2.05, 4.69) is 10.4 Å². The molecule has 1 atom stereocenters. The number of halogens is 2. The van der Waals surface area contributed by atoms with E-state index in [-0.39, 0.29) is 18.2 Å². The van der Waals surface area contributed by atoms with Crippen LogP contribution in [0.2, 0.25) is 10.0 Å². The molecule has 160 valence electrons. The SMILES string of the molecule is COc1cccc(N2CC(C(=O)Nc3ccnn3Cc3ccc(Cl)cc3Cl)CC2=O)c1. The fraction of sp³-hybridized carbons (Fsp3) is 0.227. The predicted octanol–water partition coefficient (Wildman–Crippen LogP) is 4.24. The zero-order valence-electron chi connectivity index (χ0n) is 16.7. The van der Waals surface area contributed by atoms with Gasteiger partial charge in [0.05, 0.1) is 25.8 Å². The first kappa shape index (κ1) is 21.2. The molecule has 0 saturated carbocycles. The first-order valence-electron chi connectivity index (χ1n) is 9.65. The van der Waals surface area contributed by atoms with E-state index < -0.39 is 5.92 Å². The van der Waals surface area contributed by atoms with Crippen molar-refractivity contribution in [1.29, 1.82) is 0 Å². The number of amides is 2. The lowest BCUT2D eigenvalue weighted by molar-refractivity contribution is -0.122. The van der Waals surface area contributed by atoms with Crippen LogP contribution < -0.4 is 15.0 Å². The number of aromatic nitrogens is 2. The Morgan fingerprint density at radius 1 is 1.23 bits per heavy atom. The highest BCUT2D eigenvalue weighted by atomic mass is 35.5. The summed E-state index contributed by atoms with van der Waals surface area (Å²) in [5, 5.41) is 8.23. The van der Waals surface area contributed by atoms with Crippen molar-refractivity contribution in [3.05, 3.63) is 70.3 Å². The first-order valence-corrected chi connectivity index (χ1v) is 10.4. The molecule has 1 aliphatic heterocycles. The third-order valence-electron chi connectivity index (χ3n) is 5.16. The summed E-state index contributed by atoms with van der Waals surface area (Å²) in [5.41, 5.74) is 1.53. The number of hydrogen-bond donors (Lipinski definition) is 1. The van der Waals surface area contributed by atoms with Crippen molar-refractivity contribution in [3.63, 3.8) is 0 Å². The van der Waals surface area contributed by atoms with Crippen molar-refractivity contribution < 1.29 is 14.3 Å². The van der Waals surface area contributed by atoms with Gasteiger partial charge in [-0.2, -0.15) is 5.10 Å². The van der Waals surface area contributed by atoms with Crippen LogP contribution in [0, 0.1) is 5.92 Å². The highest BCUT2D eigenvalue weighted by Gasteiger charge is 2.35. The van der Waals surface area contributed by atoms with Gasteiger partial charge in [-0.1, -0.05) is 35.3 Å². The lowest BCUT2D eigenvalue weighted by atomic mass is 10.1. The van der Waals surface area contributed by atoms with E-state index in [1.807, 2.05) is 24.3 Å². The molecule has 0 radical (unpaired) electrons. The van der Waals surface area contributed by atoms with Gasteiger partial charge in [-0.05, 0) is 29.8 Å². The summed E-state index contributed by atoms with van der Waals surface area (Å²) >= 11 is 12.2. The molecule has 0 bridgehead atoms. The number of hydrogen-bond acceptors (Lipinski definition) is 4. The topological polar surface area (TPSA) is 76.5 Å². The number of anilines is 2. The Hall–Kier alpha value is -3.03. The second-order valence-corrected chi connectivity index (χ2v) is 8.05. The van der Waals surface area contributed by atoms with Gasteiger partial charge in [-0.15, -0.1) is 0 Å². The Morgan fingerprint density at radius 2 is 2.06 bits per heavy atom. The van der Waals surface area contributed by atoms with Crippen LogP contribution in [0.25, 0.3) is 0 Å². The predicted molar refractivity (Wildman–Crippen MR) is 120 cm³/mol. The maximum absolute atomic E-state index is 12.9. The normalized spacial score (nSPS) is 15.9. The summed E-state index contributed by atoms with van der Waals surface area (Å²) in [6.07, 6.45) is 1.74. The molecule has 1 fully saturated rings. The highest BCUT2D eigenvalue weighted by molar-refractivity contribution is 6.35. The summed E-state index contributed by atoms with van der Waals surface area (Å²) in [4.78, 5) is 27.0. The van der Waals surface area contributed by atoms with Gasteiger partial charge in [-0.3, -0.25) is 9.59 Å². The standard InChI is InChI=1S/C22H20Cl2N4O3/c1-31-18-4-2-3-17(11-18)27-12-15(9-21(27)29)22(30)26-20-7-8-25-28(20)13-14-5-6-16(23)10-19(14)24/h2-8,10-11,15H,9,12-13H2,1H3,(H,26,30). The number of benzene rings is 2. The Morgan fingerprint density at radius 3 is 2.84 bits per heavy atom. The lowest BCUT2D eigenvalue weighted by Gasteiger charge is -2.17. The summed E-state index contributed by atoms with van der Waals surface area (Å²) in [5.74, 6) is 0.380. The maximum atomic E-state index is 12.9. The summed E-state index contributed by atoms with van der Waals surface area (Å²) < 4.78 is 6.87. The molecule has 7 nitrogen and oxygen atoms in total. The molecule has 2 amide bonds. The zero-order chi connectivity index (χ0) is 22.0. The van der Waals surface area contributed by atoms with Crippen LogP contribution in [0.4, 0.5) is 11.5 Å². The van der Waals surface area contributed by atoms with Gasteiger partial charge < -0.3 is 15.0 Å². The van der Waals surface area contributed by atoms with Crippen LogP contribution in [0.1, 0.15) is 12.0 Å². The summed E-state index contributed by atoms with van der Waals surface area (Å²) in [6, 6.07) is 14.2. The van der Waals surface area contributed by atoms with Crippen LogP contribution in [0.15, 0.2) is 54.7 Å². The first-order chi connectivity index (χ1) is 14.9. The lowest BCUT2D eigenvalue weighted by Crippen LogP contribution is -2.28. The second kappa shape index (κ2) is 8.99. The summed E-state index contributed by atoms with van der Waals surface area (Å²) in [7, 11) is 1.57. The Kier molecular flexibility index (Phi) is 6.15. The van der Waals surface area contributed by atoms with E-state index in [0.29, 0.717) is 40.4 Å². The summed E-state index contributed by atoms with van der Waals surface area (Å²) in [6.45, 7) is 0.674. The van der Waals surface area contributed by atoms with E-state index in [1.54, 1.807) is 47.2 Å². The van der Waals surface area contributed by atoms with Gasteiger partial charge in [0.15, 0.2) is 0 Å². The van der Waals surface area contributed by atoms with Crippen LogP contribution in [-0.4, -0.2) is 35.2 Å². The average molecular weight is 459 g/mol. The molecule has 31 heavy (non-hydrogen) atoms. The quantitative estimate of drug-likeness (QED) is 0.599. The number of ether oxygens (including phenoxy) is 1. The minimum Gasteiger partial charge on any atom is -0.497 e. The van der Waals surface area contributed by atoms with Crippen molar-refractivity contribution in [1.82, 2.24) is 9.78 Å². The van der Waals surface area contributed by atoms with E-state index in [0.717, 1.165) is 5.56 Å². The molecule has 2 aromatic carbocycles. The van der Waals surface area contributed by atoms with Crippen LogP contribution in [0.5, 0.6) is 5.75 Å². The number of methoxy groups -OCH3 is 1. The average Bonchev–Trinajstić information content (AvgIpc) is 3.36. The molecular weight excluding hydrogens is 439 g/mol. The highest BCUT2D eigenvalue weighted by Crippen LogP contribution is 2.29. The van der Waals surface area contributed by atoms with Crippen molar-refractivity contribution in [2.75, 3.05) is 23.9 Å². The Balaban J connectivity index is 1.45. The number of carbonyl (C=O) groups is 2. The molecule has 0 aliphatic carbocycles. The molecule has 0 spiro atoms. The van der Waals surface area contributed by atoms with Crippen molar-refractivity contribution in [2.24, 2.45) is 5.92 Å². The monoisotopic (exact) mass is 458 g/mol. The molecular formula is C22H20Cl2N4O3. The molecule has 1 aromatic heterocycles. The van der Waals surface area contributed by atoms with Crippen molar-refractivity contribution in [2.45, 2.75) is 13.0 Å². The van der Waals surface area contributed by atoms with E-state index >= 15 is 0 Å². The molecule has 3 aromatic rings. The van der Waals surface area contributed by atoms with E-state index in [1.165, 1.54) is 0 Å². The minimum absolute atomic E-state index is 0.102. The van der Waals surface area contributed by atoms with Gasteiger partial charge in [-0.25, -0.2) is 4.68 Å². The van der Waals surface area contributed by atoms with Gasteiger partial charge >= 0.3 is 0 Å². The second-order valence-electron chi connectivity index (χ2n) is 7.21. The van der Waals surface area contributed by atoms with Crippen LogP contribution >= 0.6 is 23.2 Å². The van der Waals surface area contributed by atoms with Crippen molar-refractivity contribution in [3.8, 4) is 5.75 Å². The molecule has 1 N–H and O–H groups in total. The molecule has 1 unspecified atom stereocenters. The number of carbonyl (C=O) groups excluding carboxylic acids is 2. The third kappa shape index (κ3) is 4.68. The third-order valence-corrected chi connectivity index (χ3v) is 5.75. The number of nitrogens with one attached hydrogen (secondary N) is 1. The van der Waals surface area contributed by atoms with E-state index in [9.17, 15) is 9.59 Å². The van der Waals surface area contributed by atoms with Gasteiger partial charge in [0.2, 0.25) is 11.8 Å². The van der Waals surface area contributed by atoms with E-state index in [4.69, 9.17) is 27.9 Å². The fourth-order valence-corrected chi connectivity index (χ4v) is 3.98. The Bertz CT molecular complexity index is 1130.